The molecule has 0 saturated carbocycles. The van der Waals surface area contributed by atoms with E-state index in [2.05, 4.69) is 9.97 Å². The third-order valence-electron chi connectivity index (χ3n) is 1.96. The van der Waals surface area contributed by atoms with Crippen LogP contribution in [0.5, 0.6) is 0 Å². The van der Waals surface area contributed by atoms with Crippen molar-refractivity contribution in [2.45, 2.75) is 6.92 Å². The number of aromatic nitrogens is 2. The van der Waals surface area contributed by atoms with Gasteiger partial charge in [0.1, 0.15) is 0 Å². The Morgan fingerprint density at radius 1 is 1.00 bits per heavy atom. The second kappa shape index (κ2) is 3.54. The van der Waals surface area contributed by atoms with Crippen molar-refractivity contribution >= 4 is 0 Å². The number of rotatable bonds is 1. The highest BCUT2D eigenvalue weighted by atomic mass is 19.1. The van der Waals surface area contributed by atoms with Crippen molar-refractivity contribution in [3.05, 3.63) is 48.3 Å². The standard InChI is InChI=1S/C11H9FN2/c1-8-6-9(2-4-13-8)10-3-5-14-11(12)7-10/h2-7H,1H3. The number of aryl methyl sites for hydroxylation is 1. The van der Waals surface area contributed by atoms with E-state index in [1.807, 2.05) is 19.1 Å². The van der Waals surface area contributed by atoms with Crippen LogP contribution in [0, 0.1) is 12.9 Å². The Balaban J connectivity index is 2.49. The van der Waals surface area contributed by atoms with Crippen molar-refractivity contribution in [1.82, 2.24) is 9.97 Å². The highest BCUT2D eigenvalue weighted by molar-refractivity contribution is 5.62. The van der Waals surface area contributed by atoms with Crippen LogP contribution < -0.4 is 0 Å². The Morgan fingerprint density at radius 2 is 1.64 bits per heavy atom. The largest absolute Gasteiger partial charge is 0.262 e. The van der Waals surface area contributed by atoms with Gasteiger partial charge in [-0.15, -0.1) is 0 Å². The summed E-state index contributed by atoms with van der Waals surface area (Å²) in [5.41, 5.74) is 2.70. The first kappa shape index (κ1) is 8.81. The molecule has 14 heavy (non-hydrogen) atoms. The highest BCUT2D eigenvalue weighted by Gasteiger charge is 1.99. The first-order valence-corrected chi connectivity index (χ1v) is 4.30. The first-order valence-electron chi connectivity index (χ1n) is 4.30. The van der Waals surface area contributed by atoms with Gasteiger partial charge >= 0.3 is 0 Å². The summed E-state index contributed by atoms with van der Waals surface area (Å²) in [4.78, 5) is 7.58. The van der Waals surface area contributed by atoms with Gasteiger partial charge in [0.25, 0.3) is 0 Å². The fourth-order valence-electron chi connectivity index (χ4n) is 1.31. The molecule has 0 N–H and O–H groups in total. The van der Waals surface area contributed by atoms with Crippen molar-refractivity contribution in [3.63, 3.8) is 0 Å². The molecule has 70 valence electrons. The number of hydrogen-bond donors (Lipinski definition) is 0. The molecule has 2 aromatic heterocycles. The summed E-state index contributed by atoms with van der Waals surface area (Å²) in [6.45, 7) is 1.90. The van der Waals surface area contributed by atoms with Crippen LogP contribution in [-0.2, 0) is 0 Å². The fraction of sp³-hybridized carbons (Fsp3) is 0.0909. The van der Waals surface area contributed by atoms with Crippen LogP contribution in [0.2, 0.25) is 0 Å². The molecule has 0 aliphatic rings. The van der Waals surface area contributed by atoms with Crippen molar-refractivity contribution in [2.24, 2.45) is 0 Å². The molecule has 0 aliphatic heterocycles. The van der Waals surface area contributed by atoms with Crippen molar-refractivity contribution in [2.75, 3.05) is 0 Å². The maximum Gasteiger partial charge on any atom is 0.213 e. The summed E-state index contributed by atoms with van der Waals surface area (Å²) < 4.78 is 12.8. The lowest BCUT2D eigenvalue weighted by atomic mass is 10.1. The molecule has 2 aromatic rings. The average Bonchev–Trinajstić information content (AvgIpc) is 2.18. The van der Waals surface area contributed by atoms with Gasteiger partial charge in [-0.05, 0) is 36.2 Å². The smallest absolute Gasteiger partial charge is 0.213 e. The van der Waals surface area contributed by atoms with E-state index in [4.69, 9.17) is 0 Å². The van der Waals surface area contributed by atoms with Gasteiger partial charge in [-0.25, -0.2) is 4.98 Å². The Kier molecular flexibility index (Phi) is 2.23. The minimum absolute atomic E-state index is 0.461. The highest BCUT2D eigenvalue weighted by Crippen LogP contribution is 2.18. The molecule has 0 fully saturated rings. The van der Waals surface area contributed by atoms with Crippen molar-refractivity contribution in [3.8, 4) is 11.1 Å². The molecule has 0 aromatic carbocycles. The lowest BCUT2D eigenvalue weighted by molar-refractivity contribution is 0.584. The zero-order chi connectivity index (χ0) is 9.97. The van der Waals surface area contributed by atoms with E-state index in [1.165, 1.54) is 12.3 Å². The maximum absolute atomic E-state index is 12.8. The zero-order valence-corrected chi connectivity index (χ0v) is 7.74. The number of halogens is 1. The minimum Gasteiger partial charge on any atom is -0.262 e. The van der Waals surface area contributed by atoms with E-state index in [0.717, 1.165) is 16.8 Å². The molecule has 0 amide bonds. The number of hydrogen-bond acceptors (Lipinski definition) is 2. The van der Waals surface area contributed by atoms with E-state index < -0.39 is 5.95 Å². The number of nitrogens with zero attached hydrogens (tertiary/aromatic N) is 2. The Hall–Kier alpha value is -1.77. The summed E-state index contributed by atoms with van der Waals surface area (Å²) in [7, 11) is 0. The van der Waals surface area contributed by atoms with Crippen LogP contribution in [0.15, 0.2) is 36.7 Å². The molecule has 0 aliphatic carbocycles. The van der Waals surface area contributed by atoms with E-state index >= 15 is 0 Å². The molecule has 0 saturated heterocycles. The van der Waals surface area contributed by atoms with Crippen LogP contribution in [0.3, 0.4) is 0 Å². The van der Waals surface area contributed by atoms with Crippen molar-refractivity contribution in [1.29, 1.82) is 0 Å². The van der Waals surface area contributed by atoms with Gasteiger partial charge < -0.3 is 0 Å². The van der Waals surface area contributed by atoms with E-state index in [1.54, 1.807) is 12.3 Å². The Bertz CT molecular complexity index is 411. The third-order valence-corrected chi connectivity index (χ3v) is 1.96. The van der Waals surface area contributed by atoms with E-state index in [-0.39, 0.29) is 0 Å². The summed E-state index contributed by atoms with van der Waals surface area (Å²) in [5.74, 6) is -0.461. The van der Waals surface area contributed by atoms with Gasteiger partial charge in [-0.2, -0.15) is 4.39 Å². The molecule has 2 rings (SSSR count). The van der Waals surface area contributed by atoms with Gasteiger partial charge in [0.05, 0.1) is 0 Å². The molecule has 0 atom stereocenters. The summed E-state index contributed by atoms with van der Waals surface area (Å²) >= 11 is 0. The topological polar surface area (TPSA) is 25.8 Å². The van der Waals surface area contributed by atoms with Crippen molar-refractivity contribution < 1.29 is 4.39 Å². The first-order chi connectivity index (χ1) is 6.75. The Morgan fingerprint density at radius 3 is 2.29 bits per heavy atom. The normalized spacial score (nSPS) is 10.1. The van der Waals surface area contributed by atoms with Gasteiger partial charge in [0.15, 0.2) is 0 Å². The van der Waals surface area contributed by atoms with Crippen LogP contribution in [0.4, 0.5) is 4.39 Å². The summed E-state index contributed by atoms with van der Waals surface area (Å²) in [6.07, 6.45) is 3.17. The van der Waals surface area contributed by atoms with Crippen LogP contribution >= 0.6 is 0 Å². The molecule has 2 nitrogen and oxygen atoms in total. The molecule has 2 heterocycles. The summed E-state index contributed by atoms with van der Waals surface area (Å²) in [6, 6.07) is 6.95. The van der Waals surface area contributed by atoms with Crippen LogP contribution in [0.25, 0.3) is 11.1 Å². The van der Waals surface area contributed by atoms with Crippen LogP contribution in [-0.4, -0.2) is 9.97 Å². The molecule has 0 unspecified atom stereocenters. The summed E-state index contributed by atoms with van der Waals surface area (Å²) in [5, 5.41) is 0. The Labute approximate surface area is 81.5 Å². The second-order valence-corrected chi connectivity index (χ2v) is 3.05. The van der Waals surface area contributed by atoms with Gasteiger partial charge in [0.2, 0.25) is 5.95 Å². The molecule has 3 heteroatoms. The SMILES string of the molecule is Cc1cc(-c2ccnc(F)c2)ccn1. The second-order valence-electron chi connectivity index (χ2n) is 3.05. The predicted octanol–water partition coefficient (Wildman–Crippen LogP) is 2.59. The molecule has 0 bridgehead atoms. The monoisotopic (exact) mass is 188 g/mol. The zero-order valence-electron chi connectivity index (χ0n) is 7.74. The minimum atomic E-state index is -0.461. The molecular formula is C11H9FN2. The van der Waals surface area contributed by atoms with Crippen LogP contribution in [0.1, 0.15) is 5.69 Å². The van der Waals surface area contributed by atoms with Gasteiger partial charge in [0, 0.05) is 24.2 Å². The van der Waals surface area contributed by atoms with E-state index in [9.17, 15) is 4.39 Å². The lowest BCUT2D eigenvalue weighted by Gasteiger charge is -2.01. The number of pyridine rings is 2. The van der Waals surface area contributed by atoms with Gasteiger partial charge in [-0.3, -0.25) is 4.98 Å². The average molecular weight is 188 g/mol. The van der Waals surface area contributed by atoms with Gasteiger partial charge in [-0.1, -0.05) is 0 Å². The maximum atomic E-state index is 12.8. The quantitative estimate of drug-likeness (QED) is 0.643. The molecular weight excluding hydrogens is 179 g/mol. The molecule has 0 radical (unpaired) electrons. The molecule has 0 spiro atoms. The lowest BCUT2D eigenvalue weighted by Crippen LogP contribution is -1.85. The fourth-order valence-corrected chi connectivity index (χ4v) is 1.31. The third kappa shape index (κ3) is 1.76. The van der Waals surface area contributed by atoms with E-state index in [0.29, 0.717) is 0 Å². The predicted molar refractivity (Wildman–Crippen MR) is 52.2 cm³/mol.